The third kappa shape index (κ3) is 3.76. The Morgan fingerprint density at radius 3 is 2.39 bits per heavy atom. The van der Waals surface area contributed by atoms with E-state index in [1.165, 1.54) is 0 Å². The summed E-state index contributed by atoms with van der Waals surface area (Å²) in [6, 6.07) is 21.9. The summed E-state index contributed by atoms with van der Waals surface area (Å²) >= 11 is 6.33. The summed E-state index contributed by atoms with van der Waals surface area (Å²) in [5.41, 5.74) is 4.77. The van der Waals surface area contributed by atoms with Gasteiger partial charge in [-0.1, -0.05) is 41.9 Å². The molecule has 0 amide bonds. The van der Waals surface area contributed by atoms with Gasteiger partial charge in [-0.15, -0.1) is 0 Å². The zero-order chi connectivity index (χ0) is 22.2. The third-order valence-electron chi connectivity index (χ3n) is 6.14. The van der Waals surface area contributed by atoms with Crippen LogP contribution in [0.4, 0.5) is 11.8 Å². The van der Waals surface area contributed by atoms with Crippen LogP contribution in [0.3, 0.4) is 0 Å². The number of pyridine rings is 1. The molecular weight excluding hydrogens is 434 g/mol. The SMILES string of the molecule is Clc1cccc(-c2nc(N3CCN(c4ccccn4)CC3)nc3c2COc2ccccc2-3)c1. The summed E-state index contributed by atoms with van der Waals surface area (Å²) in [5, 5.41) is 0.683. The van der Waals surface area contributed by atoms with Crippen molar-refractivity contribution in [1.82, 2.24) is 15.0 Å². The number of aromatic nitrogens is 3. The number of anilines is 2. The number of halogens is 1. The highest BCUT2D eigenvalue weighted by atomic mass is 35.5. The van der Waals surface area contributed by atoms with Crippen LogP contribution in [-0.4, -0.2) is 41.1 Å². The molecule has 0 bridgehead atoms. The number of para-hydroxylation sites is 1. The van der Waals surface area contributed by atoms with Gasteiger partial charge in [-0.25, -0.2) is 15.0 Å². The quantitative estimate of drug-likeness (QED) is 0.429. The van der Waals surface area contributed by atoms with Crippen LogP contribution in [0.2, 0.25) is 5.02 Å². The van der Waals surface area contributed by atoms with E-state index in [9.17, 15) is 0 Å². The molecule has 4 aromatic rings. The Hall–Kier alpha value is -3.64. The normalized spacial score (nSPS) is 14.9. The number of rotatable bonds is 3. The molecule has 2 aliphatic heterocycles. The van der Waals surface area contributed by atoms with E-state index in [1.807, 2.05) is 60.8 Å². The molecule has 2 aliphatic rings. The predicted molar refractivity (Wildman–Crippen MR) is 131 cm³/mol. The first-order valence-corrected chi connectivity index (χ1v) is 11.4. The highest BCUT2D eigenvalue weighted by Crippen LogP contribution is 2.40. The van der Waals surface area contributed by atoms with Gasteiger partial charge in [0, 0.05) is 54.1 Å². The molecule has 6 rings (SSSR count). The van der Waals surface area contributed by atoms with Gasteiger partial charge in [-0.05, 0) is 36.4 Å². The largest absolute Gasteiger partial charge is 0.488 e. The van der Waals surface area contributed by atoms with E-state index in [4.69, 9.17) is 26.3 Å². The van der Waals surface area contributed by atoms with E-state index in [0.29, 0.717) is 11.6 Å². The van der Waals surface area contributed by atoms with Crippen molar-refractivity contribution in [3.05, 3.63) is 83.5 Å². The van der Waals surface area contributed by atoms with E-state index in [-0.39, 0.29) is 0 Å². The van der Waals surface area contributed by atoms with Crippen molar-refractivity contribution in [2.45, 2.75) is 6.61 Å². The van der Waals surface area contributed by atoms with Crippen molar-refractivity contribution < 1.29 is 4.74 Å². The van der Waals surface area contributed by atoms with Gasteiger partial charge in [0.2, 0.25) is 5.95 Å². The van der Waals surface area contributed by atoms with E-state index in [2.05, 4.69) is 26.9 Å². The van der Waals surface area contributed by atoms with Crippen molar-refractivity contribution in [2.24, 2.45) is 0 Å². The number of hydrogen-bond acceptors (Lipinski definition) is 6. The smallest absolute Gasteiger partial charge is 0.226 e. The average Bonchev–Trinajstić information content (AvgIpc) is 2.88. The summed E-state index contributed by atoms with van der Waals surface area (Å²) in [5.74, 6) is 2.60. The Labute approximate surface area is 197 Å². The van der Waals surface area contributed by atoms with Crippen LogP contribution in [0.15, 0.2) is 72.9 Å². The molecule has 0 radical (unpaired) electrons. The Morgan fingerprint density at radius 1 is 0.788 bits per heavy atom. The molecule has 1 saturated heterocycles. The summed E-state index contributed by atoms with van der Waals surface area (Å²) in [7, 11) is 0. The Morgan fingerprint density at radius 2 is 1.58 bits per heavy atom. The molecule has 6 nitrogen and oxygen atoms in total. The van der Waals surface area contributed by atoms with Crippen LogP contribution in [0, 0.1) is 0 Å². The number of benzene rings is 2. The standard InChI is InChI=1S/C26H22ClN5O/c27-19-7-5-6-18(16-19)24-21-17-33-22-9-2-1-8-20(22)25(21)30-26(29-24)32-14-12-31(13-15-32)23-10-3-4-11-28-23/h1-11,16H,12-15,17H2. The fraction of sp³-hybridized carbons (Fsp3) is 0.192. The van der Waals surface area contributed by atoms with Crippen LogP contribution in [0.25, 0.3) is 22.5 Å². The molecule has 0 N–H and O–H groups in total. The minimum absolute atomic E-state index is 0.432. The van der Waals surface area contributed by atoms with Gasteiger partial charge in [0.05, 0.1) is 11.4 Å². The zero-order valence-electron chi connectivity index (χ0n) is 18.0. The summed E-state index contributed by atoms with van der Waals surface area (Å²) in [6.07, 6.45) is 1.84. The lowest BCUT2D eigenvalue weighted by atomic mass is 9.98. The Balaban J connectivity index is 1.40. The second-order valence-corrected chi connectivity index (χ2v) is 8.59. The molecule has 0 unspecified atom stereocenters. The summed E-state index contributed by atoms with van der Waals surface area (Å²) in [4.78, 5) is 19.1. The molecular formula is C26H22ClN5O. The van der Waals surface area contributed by atoms with Gasteiger partial charge in [0.1, 0.15) is 18.2 Å². The maximum atomic E-state index is 6.33. The monoisotopic (exact) mass is 455 g/mol. The molecule has 2 aromatic carbocycles. The minimum Gasteiger partial charge on any atom is -0.488 e. The van der Waals surface area contributed by atoms with E-state index in [1.54, 1.807) is 0 Å². The maximum absolute atomic E-state index is 6.33. The van der Waals surface area contributed by atoms with Crippen LogP contribution in [0.1, 0.15) is 5.56 Å². The van der Waals surface area contributed by atoms with Gasteiger partial charge < -0.3 is 14.5 Å². The first-order chi connectivity index (χ1) is 16.3. The van der Waals surface area contributed by atoms with Gasteiger partial charge in [-0.2, -0.15) is 0 Å². The Kier molecular flexibility index (Phi) is 5.07. The van der Waals surface area contributed by atoms with Crippen molar-refractivity contribution in [3.8, 4) is 28.3 Å². The lowest BCUT2D eigenvalue weighted by Crippen LogP contribution is -2.47. The number of nitrogens with zero attached hydrogens (tertiary/aromatic N) is 5. The van der Waals surface area contributed by atoms with Crippen molar-refractivity contribution in [1.29, 1.82) is 0 Å². The Bertz CT molecular complexity index is 1310. The number of fused-ring (bicyclic) bond motifs is 3. The molecule has 2 aromatic heterocycles. The summed E-state index contributed by atoms with van der Waals surface area (Å²) in [6.45, 7) is 3.81. The second kappa shape index (κ2) is 8.37. The lowest BCUT2D eigenvalue weighted by Gasteiger charge is -2.36. The molecule has 33 heavy (non-hydrogen) atoms. The molecule has 0 aliphatic carbocycles. The lowest BCUT2D eigenvalue weighted by molar-refractivity contribution is 0.301. The topological polar surface area (TPSA) is 54.4 Å². The third-order valence-corrected chi connectivity index (χ3v) is 6.38. The molecule has 0 spiro atoms. The van der Waals surface area contributed by atoms with Crippen LogP contribution >= 0.6 is 11.6 Å². The van der Waals surface area contributed by atoms with Crippen LogP contribution in [0.5, 0.6) is 5.75 Å². The summed E-state index contributed by atoms with van der Waals surface area (Å²) < 4.78 is 6.05. The van der Waals surface area contributed by atoms with Crippen molar-refractivity contribution in [2.75, 3.05) is 36.0 Å². The number of piperazine rings is 1. The van der Waals surface area contributed by atoms with Gasteiger partial charge >= 0.3 is 0 Å². The highest BCUT2D eigenvalue weighted by molar-refractivity contribution is 6.30. The molecule has 4 heterocycles. The fourth-order valence-electron chi connectivity index (χ4n) is 4.46. The average molecular weight is 456 g/mol. The highest BCUT2D eigenvalue weighted by Gasteiger charge is 2.27. The second-order valence-electron chi connectivity index (χ2n) is 8.16. The molecule has 7 heteroatoms. The van der Waals surface area contributed by atoms with Crippen LogP contribution in [-0.2, 0) is 6.61 Å². The van der Waals surface area contributed by atoms with Gasteiger partial charge in [0.15, 0.2) is 0 Å². The molecule has 1 fully saturated rings. The zero-order valence-corrected chi connectivity index (χ0v) is 18.7. The molecule has 0 saturated carbocycles. The van der Waals surface area contributed by atoms with Crippen molar-refractivity contribution in [3.63, 3.8) is 0 Å². The maximum Gasteiger partial charge on any atom is 0.226 e. The van der Waals surface area contributed by atoms with Gasteiger partial charge in [-0.3, -0.25) is 0 Å². The molecule has 0 atom stereocenters. The first kappa shape index (κ1) is 20.0. The minimum atomic E-state index is 0.432. The number of ether oxygens (including phenoxy) is 1. The fourth-order valence-corrected chi connectivity index (χ4v) is 4.65. The van der Waals surface area contributed by atoms with E-state index < -0.39 is 0 Å². The van der Waals surface area contributed by atoms with E-state index in [0.717, 1.165) is 71.8 Å². The van der Waals surface area contributed by atoms with Crippen LogP contribution < -0.4 is 14.5 Å². The predicted octanol–water partition coefficient (Wildman–Crippen LogP) is 5.08. The number of hydrogen-bond donors (Lipinski definition) is 0. The van der Waals surface area contributed by atoms with Gasteiger partial charge in [0.25, 0.3) is 0 Å². The molecule has 164 valence electrons. The first-order valence-electron chi connectivity index (χ1n) is 11.1. The van der Waals surface area contributed by atoms with E-state index >= 15 is 0 Å². The van der Waals surface area contributed by atoms with Crippen molar-refractivity contribution >= 4 is 23.4 Å².